The van der Waals surface area contributed by atoms with Crippen LogP contribution in [0.15, 0.2) is 24.3 Å². The molecule has 1 rings (SSSR count). The standard InChI is InChI=1S/C11H18N2O3/c12-10-3-1-9(2-4-10)5-13-11(6-14,7-15)8-16/h1-4,13-16H,5-8,12H2. The highest BCUT2D eigenvalue weighted by molar-refractivity contribution is 5.39. The minimum Gasteiger partial charge on any atom is -0.399 e. The summed E-state index contributed by atoms with van der Waals surface area (Å²) in [6.45, 7) is -0.527. The average molecular weight is 226 g/mol. The number of anilines is 1. The van der Waals surface area contributed by atoms with Crippen molar-refractivity contribution in [3.05, 3.63) is 29.8 Å². The molecule has 0 saturated carbocycles. The number of hydrogen-bond acceptors (Lipinski definition) is 5. The van der Waals surface area contributed by atoms with Crippen molar-refractivity contribution >= 4 is 5.69 Å². The van der Waals surface area contributed by atoms with Crippen molar-refractivity contribution in [3.63, 3.8) is 0 Å². The Hall–Kier alpha value is -1.14. The van der Waals surface area contributed by atoms with E-state index in [1.807, 2.05) is 12.1 Å². The summed E-state index contributed by atoms with van der Waals surface area (Å²) >= 11 is 0. The van der Waals surface area contributed by atoms with Crippen LogP contribution in [0.25, 0.3) is 0 Å². The fraction of sp³-hybridized carbons (Fsp3) is 0.455. The Labute approximate surface area is 94.5 Å². The molecule has 0 fully saturated rings. The fourth-order valence-electron chi connectivity index (χ4n) is 1.24. The van der Waals surface area contributed by atoms with Crippen LogP contribution in [-0.2, 0) is 6.54 Å². The van der Waals surface area contributed by atoms with Gasteiger partial charge in [0.2, 0.25) is 0 Å². The molecule has 0 unspecified atom stereocenters. The second-order valence-corrected chi connectivity index (χ2v) is 3.85. The van der Waals surface area contributed by atoms with Crippen LogP contribution in [-0.4, -0.2) is 40.7 Å². The molecule has 0 radical (unpaired) electrons. The van der Waals surface area contributed by atoms with Crippen LogP contribution in [0.1, 0.15) is 5.56 Å². The summed E-state index contributed by atoms with van der Waals surface area (Å²) in [6.07, 6.45) is 0. The van der Waals surface area contributed by atoms with Gasteiger partial charge in [-0.15, -0.1) is 0 Å². The number of aliphatic hydroxyl groups is 3. The van der Waals surface area contributed by atoms with Gasteiger partial charge in [-0.3, -0.25) is 0 Å². The van der Waals surface area contributed by atoms with E-state index in [0.29, 0.717) is 12.2 Å². The first-order chi connectivity index (χ1) is 7.65. The summed E-state index contributed by atoms with van der Waals surface area (Å²) in [5, 5.41) is 30.2. The maximum absolute atomic E-state index is 9.10. The van der Waals surface area contributed by atoms with Crippen LogP contribution in [0.2, 0.25) is 0 Å². The Morgan fingerprint density at radius 2 is 1.50 bits per heavy atom. The predicted molar refractivity (Wildman–Crippen MR) is 61.7 cm³/mol. The molecule has 0 spiro atoms. The van der Waals surface area contributed by atoms with E-state index < -0.39 is 5.54 Å². The first-order valence-corrected chi connectivity index (χ1v) is 5.08. The van der Waals surface area contributed by atoms with Crippen LogP contribution in [0.3, 0.4) is 0 Å². The van der Waals surface area contributed by atoms with Crippen molar-refractivity contribution in [1.29, 1.82) is 0 Å². The maximum atomic E-state index is 9.10. The van der Waals surface area contributed by atoms with Crippen LogP contribution in [0.4, 0.5) is 5.69 Å². The van der Waals surface area contributed by atoms with E-state index in [1.54, 1.807) is 12.1 Å². The largest absolute Gasteiger partial charge is 0.399 e. The molecule has 90 valence electrons. The Bertz CT molecular complexity index is 301. The van der Waals surface area contributed by atoms with Gasteiger partial charge < -0.3 is 26.4 Å². The minimum atomic E-state index is -1.04. The third-order valence-corrected chi connectivity index (χ3v) is 2.56. The van der Waals surface area contributed by atoms with Gasteiger partial charge in [0, 0.05) is 12.2 Å². The Kier molecular flexibility index (Phi) is 4.70. The van der Waals surface area contributed by atoms with Gasteiger partial charge in [-0.25, -0.2) is 0 Å². The van der Waals surface area contributed by atoms with Crippen LogP contribution in [0, 0.1) is 0 Å². The lowest BCUT2D eigenvalue weighted by atomic mass is 10.0. The Balaban J connectivity index is 2.58. The molecule has 0 bridgehead atoms. The van der Waals surface area contributed by atoms with Gasteiger partial charge >= 0.3 is 0 Å². The molecule has 1 aromatic carbocycles. The summed E-state index contributed by atoms with van der Waals surface area (Å²) in [4.78, 5) is 0. The second-order valence-electron chi connectivity index (χ2n) is 3.85. The molecule has 0 aliphatic rings. The topological polar surface area (TPSA) is 98.7 Å². The van der Waals surface area contributed by atoms with Gasteiger partial charge in [0.15, 0.2) is 0 Å². The van der Waals surface area contributed by atoms with Gasteiger partial charge in [0.25, 0.3) is 0 Å². The zero-order chi connectivity index (χ0) is 12.0. The third-order valence-electron chi connectivity index (χ3n) is 2.56. The van der Waals surface area contributed by atoms with Crippen LogP contribution in [0.5, 0.6) is 0 Å². The number of aliphatic hydroxyl groups excluding tert-OH is 3. The molecule has 0 saturated heterocycles. The van der Waals surface area contributed by atoms with Crippen LogP contribution >= 0.6 is 0 Å². The zero-order valence-corrected chi connectivity index (χ0v) is 9.06. The highest BCUT2D eigenvalue weighted by Crippen LogP contribution is 2.08. The normalized spacial score (nSPS) is 11.7. The minimum absolute atomic E-state index is 0.324. The van der Waals surface area contributed by atoms with E-state index >= 15 is 0 Å². The molecule has 0 atom stereocenters. The molecule has 1 aromatic rings. The van der Waals surface area contributed by atoms with Crippen molar-refractivity contribution in [2.45, 2.75) is 12.1 Å². The van der Waals surface area contributed by atoms with E-state index in [1.165, 1.54) is 0 Å². The highest BCUT2D eigenvalue weighted by Gasteiger charge is 2.26. The number of nitrogen functional groups attached to an aromatic ring is 1. The summed E-state index contributed by atoms with van der Waals surface area (Å²) in [6, 6.07) is 7.24. The number of nitrogens with one attached hydrogen (secondary N) is 1. The molecule has 16 heavy (non-hydrogen) atoms. The summed E-state index contributed by atoms with van der Waals surface area (Å²) < 4.78 is 0. The Morgan fingerprint density at radius 1 is 1.00 bits per heavy atom. The SMILES string of the molecule is Nc1ccc(CNC(CO)(CO)CO)cc1. The molecule has 5 nitrogen and oxygen atoms in total. The number of rotatable bonds is 6. The lowest BCUT2D eigenvalue weighted by Crippen LogP contribution is -2.54. The number of nitrogens with two attached hydrogens (primary N) is 1. The van der Waals surface area contributed by atoms with Crippen molar-refractivity contribution in [2.24, 2.45) is 0 Å². The van der Waals surface area contributed by atoms with E-state index in [-0.39, 0.29) is 19.8 Å². The molecular formula is C11H18N2O3. The summed E-state index contributed by atoms with van der Waals surface area (Å²) in [5.41, 5.74) is 6.15. The van der Waals surface area contributed by atoms with E-state index in [9.17, 15) is 0 Å². The average Bonchev–Trinajstić information content (AvgIpc) is 2.34. The molecule has 0 aromatic heterocycles. The molecule has 0 heterocycles. The van der Waals surface area contributed by atoms with Crippen molar-refractivity contribution in [3.8, 4) is 0 Å². The van der Waals surface area contributed by atoms with Gasteiger partial charge in [-0.05, 0) is 17.7 Å². The van der Waals surface area contributed by atoms with Crippen LogP contribution < -0.4 is 11.1 Å². The molecule has 6 N–H and O–H groups in total. The van der Waals surface area contributed by atoms with Gasteiger partial charge in [0.1, 0.15) is 0 Å². The van der Waals surface area contributed by atoms with Gasteiger partial charge in [0.05, 0.1) is 25.4 Å². The van der Waals surface area contributed by atoms with Crippen molar-refractivity contribution in [1.82, 2.24) is 5.32 Å². The lowest BCUT2D eigenvalue weighted by molar-refractivity contribution is 0.0414. The first-order valence-electron chi connectivity index (χ1n) is 5.08. The number of benzene rings is 1. The van der Waals surface area contributed by atoms with E-state index in [0.717, 1.165) is 5.56 Å². The van der Waals surface area contributed by atoms with Gasteiger partial charge in [-0.1, -0.05) is 12.1 Å². The molecular weight excluding hydrogens is 208 g/mol. The maximum Gasteiger partial charge on any atom is 0.0884 e. The van der Waals surface area contributed by atoms with E-state index in [2.05, 4.69) is 5.32 Å². The number of hydrogen-bond donors (Lipinski definition) is 5. The fourth-order valence-corrected chi connectivity index (χ4v) is 1.24. The summed E-state index contributed by atoms with van der Waals surface area (Å²) in [5.74, 6) is 0. The quantitative estimate of drug-likeness (QED) is 0.404. The van der Waals surface area contributed by atoms with Crippen molar-refractivity contribution < 1.29 is 15.3 Å². The van der Waals surface area contributed by atoms with Gasteiger partial charge in [-0.2, -0.15) is 0 Å². The monoisotopic (exact) mass is 226 g/mol. The lowest BCUT2D eigenvalue weighted by Gasteiger charge is -2.28. The second kappa shape index (κ2) is 5.81. The molecule has 0 aliphatic carbocycles. The summed E-state index contributed by atoms with van der Waals surface area (Å²) in [7, 11) is 0. The zero-order valence-electron chi connectivity index (χ0n) is 9.06. The first kappa shape index (κ1) is 12.9. The smallest absolute Gasteiger partial charge is 0.0884 e. The van der Waals surface area contributed by atoms with E-state index in [4.69, 9.17) is 21.1 Å². The molecule has 0 aliphatic heterocycles. The predicted octanol–water partition coefficient (Wildman–Crippen LogP) is -0.926. The molecule has 5 heteroatoms. The van der Waals surface area contributed by atoms with Crippen molar-refractivity contribution in [2.75, 3.05) is 25.6 Å². The third kappa shape index (κ3) is 3.18. The highest BCUT2D eigenvalue weighted by atomic mass is 16.3. The Morgan fingerprint density at radius 3 is 1.94 bits per heavy atom. The molecule has 0 amide bonds.